The topological polar surface area (TPSA) is 33.2 Å². The largest absolute Gasteiger partial charge is 0.341 e. The Bertz CT molecular complexity index is 433. The molecular weight excluding hydrogens is 226 g/mol. The summed E-state index contributed by atoms with van der Waals surface area (Å²) < 4.78 is 26.2. The van der Waals surface area contributed by atoms with Crippen LogP contribution in [0.15, 0.2) is 12.3 Å². The fraction of sp³-hybridized carbons (Fsp3) is 0.500. The van der Waals surface area contributed by atoms with Crippen LogP contribution in [0.4, 0.5) is 8.78 Å². The van der Waals surface area contributed by atoms with E-state index in [0.717, 1.165) is 19.0 Å². The van der Waals surface area contributed by atoms with E-state index < -0.39 is 17.7 Å². The fourth-order valence-corrected chi connectivity index (χ4v) is 1.93. The molecule has 1 saturated carbocycles. The van der Waals surface area contributed by atoms with E-state index >= 15 is 0 Å². The number of halogens is 2. The Hall–Kier alpha value is -1.52. The van der Waals surface area contributed by atoms with Crippen molar-refractivity contribution in [2.75, 3.05) is 13.6 Å². The summed E-state index contributed by atoms with van der Waals surface area (Å²) in [5.41, 5.74) is -0.251. The Labute approximate surface area is 98.5 Å². The molecule has 0 saturated heterocycles. The van der Waals surface area contributed by atoms with Gasteiger partial charge in [-0.1, -0.05) is 6.42 Å². The lowest BCUT2D eigenvalue weighted by atomic mass is 9.85. The summed E-state index contributed by atoms with van der Waals surface area (Å²) in [6.07, 6.45) is 4.49. The number of nitrogens with zero attached hydrogens (tertiary/aromatic N) is 2. The predicted molar refractivity (Wildman–Crippen MR) is 58.5 cm³/mol. The molecule has 0 unspecified atom stereocenters. The average Bonchev–Trinajstić information content (AvgIpc) is 2.26. The van der Waals surface area contributed by atoms with E-state index in [1.54, 1.807) is 7.05 Å². The quantitative estimate of drug-likeness (QED) is 0.759. The maximum atomic E-state index is 13.4. The Morgan fingerprint density at radius 3 is 2.82 bits per heavy atom. The normalized spacial score (nSPS) is 15.5. The van der Waals surface area contributed by atoms with Gasteiger partial charge in [-0.05, 0) is 24.8 Å². The lowest BCUT2D eigenvalue weighted by Gasteiger charge is -2.30. The van der Waals surface area contributed by atoms with Crippen molar-refractivity contribution in [1.29, 1.82) is 0 Å². The van der Waals surface area contributed by atoms with Gasteiger partial charge in [0.2, 0.25) is 5.95 Å². The van der Waals surface area contributed by atoms with Crippen molar-refractivity contribution in [3.05, 3.63) is 29.6 Å². The monoisotopic (exact) mass is 240 g/mol. The first-order chi connectivity index (χ1) is 8.09. The van der Waals surface area contributed by atoms with Gasteiger partial charge >= 0.3 is 0 Å². The van der Waals surface area contributed by atoms with Crippen molar-refractivity contribution >= 4 is 5.91 Å². The highest BCUT2D eigenvalue weighted by molar-refractivity contribution is 5.94. The molecule has 0 aromatic carbocycles. The number of aromatic nitrogens is 1. The number of rotatable bonds is 3. The van der Waals surface area contributed by atoms with Crippen molar-refractivity contribution in [3.8, 4) is 0 Å². The number of pyridine rings is 1. The van der Waals surface area contributed by atoms with Crippen LogP contribution in [0.1, 0.15) is 29.6 Å². The summed E-state index contributed by atoms with van der Waals surface area (Å²) in [5.74, 6) is -2.39. The van der Waals surface area contributed by atoms with Crippen LogP contribution in [0.5, 0.6) is 0 Å². The SMILES string of the molecule is CN(CC1CCC1)C(=O)c1ccnc(F)c1F. The standard InChI is InChI=1S/C12H14F2N2O/c1-16(7-8-3-2-4-8)12(17)9-5-6-15-11(14)10(9)13/h5-6,8H,2-4,7H2,1H3. The van der Waals surface area contributed by atoms with Crippen molar-refractivity contribution in [2.45, 2.75) is 19.3 Å². The molecule has 0 bridgehead atoms. The molecule has 5 heteroatoms. The van der Waals surface area contributed by atoms with E-state index in [9.17, 15) is 13.6 Å². The smallest absolute Gasteiger partial charge is 0.256 e. The Morgan fingerprint density at radius 1 is 1.53 bits per heavy atom. The van der Waals surface area contributed by atoms with Gasteiger partial charge in [0.05, 0.1) is 5.56 Å². The van der Waals surface area contributed by atoms with Gasteiger partial charge in [-0.3, -0.25) is 4.79 Å². The number of amides is 1. The predicted octanol–water partition coefficient (Wildman–Crippen LogP) is 2.23. The van der Waals surface area contributed by atoms with Crippen LogP contribution < -0.4 is 0 Å². The fourth-order valence-electron chi connectivity index (χ4n) is 1.93. The lowest BCUT2D eigenvalue weighted by molar-refractivity contribution is 0.0739. The molecular formula is C12H14F2N2O. The molecule has 17 heavy (non-hydrogen) atoms. The second-order valence-electron chi connectivity index (χ2n) is 4.45. The van der Waals surface area contributed by atoms with E-state index in [4.69, 9.17) is 0 Å². The molecule has 1 aliphatic rings. The molecule has 0 radical (unpaired) electrons. The molecule has 0 aliphatic heterocycles. The van der Waals surface area contributed by atoms with Gasteiger partial charge in [-0.25, -0.2) is 9.37 Å². The first kappa shape index (κ1) is 12.0. The molecule has 1 heterocycles. The van der Waals surface area contributed by atoms with E-state index in [0.29, 0.717) is 12.5 Å². The Kier molecular flexibility index (Phi) is 3.36. The summed E-state index contributed by atoms with van der Waals surface area (Å²) in [7, 11) is 1.61. The van der Waals surface area contributed by atoms with Crippen LogP contribution in [0.25, 0.3) is 0 Å². The van der Waals surface area contributed by atoms with E-state index in [1.807, 2.05) is 0 Å². The molecule has 1 fully saturated rings. The van der Waals surface area contributed by atoms with E-state index in [2.05, 4.69) is 4.98 Å². The molecule has 1 aromatic rings. The maximum absolute atomic E-state index is 13.4. The first-order valence-corrected chi connectivity index (χ1v) is 5.65. The number of hydrogen-bond donors (Lipinski definition) is 0. The third-order valence-corrected chi connectivity index (χ3v) is 3.18. The molecule has 0 spiro atoms. The summed E-state index contributed by atoms with van der Waals surface area (Å²) >= 11 is 0. The number of hydrogen-bond acceptors (Lipinski definition) is 2. The Morgan fingerprint density at radius 2 is 2.24 bits per heavy atom. The zero-order valence-corrected chi connectivity index (χ0v) is 9.62. The number of carbonyl (C=O) groups excluding carboxylic acids is 1. The molecule has 1 amide bonds. The Balaban J connectivity index is 2.09. The maximum Gasteiger partial charge on any atom is 0.256 e. The van der Waals surface area contributed by atoms with Gasteiger partial charge in [0.25, 0.3) is 5.91 Å². The molecule has 1 aliphatic carbocycles. The van der Waals surface area contributed by atoms with Gasteiger partial charge < -0.3 is 4.90 Å². The van der Waals surface area contributed by atoms with Gasteiger partial charge in [0, 0.05) is 19.8 Å². The van der Waals surface area contributed by atoms with Crippen molar-refractivity contribution in [1.82, 2.24) is 9.88 Å². The minimum atomic E-state index is -1.23. The minimum absolute atomic E-state index is 0.251. The van der Waals surface area contributed by atoms with E-state index in [-0.39, 0.29) is 5.56 Å². The average molecular weight is 240 g/mol. The summed E-state index contributed by atoms with van der Waals surface area (Å²) in [5, 5.41) is 0. The molecule has 0 atom stereocenters. The van der Waals surface area contributed by atoms with Crippen LogP contribution in [0, 0.1) is 17.7 Å². The summed E-state index contributed by atoms with van der Waals surface area (Å²) in [6.45, 7) is 0.599. The summed E-state index contributed by atoms with van der Waals surface area (Å²) in [4.78, 5) is 16.5. The zero-order valence-electron chi connectivity index (χ0n) is 9.62. The van der Waals surface area contributed by atoms with Crippen LogP contribution in [-0.4, -0.2) is 29.4 Å². The van der Waals surface area contributed by atoms with Gasteiger partial charge in [0.1, 0.15) is 0 Å². The molecule has 3 nitrogen and oxygen atoms in total. The van der Waals surface area contributed by atoms with Crippen LogP contribution in [0.2, 0.25) is 0 Å². The zero-order chi connectivity index (χ0) is 12.4. The van der Waals surface area contributed by atoms with Crippen LogP contribution >= 0.6 is 0 Å². The van der Waals surface area contributed by atoms with Crippen LogP contribution in [0.3, 0.4) is 0 Å². The molecule has 2 rings (SSSR count). The van der Waals surface area contributed by atoms with Crippen molar-refractivity contribution in [2.24, 2.45) is 5.92 Å². The van der Waals surface area contributed by atoms with Crippen LogP contribution in [-0.2, 0) is 0 Å². The highest BCUT2D eigenvalue weighted by Crippen LogP contribution is 2.27. The highest BCUT2D eigenvalue weighted by atomic mass is 19.2. The number of carbonyl (C=O) groups is 1. The minimum Gasteiger partial charge on any atom is -0.341 e. The first-order valence-electron chi connectivity index (χ1n) is 5.65. The van der Waals surface area contributed by atoms with E-state index in [1.165, 1.54) is 17.4 Å². The third-order valence-electron chi connectivity index (χ3n) is 3.18. The third kappa shape index (κ3) is 2.43. The lowest BCUT2D eigenvalue weighted by Crippen LogP contribution is -2.34. The molecule has 0 N–H and O–H groups in total. The highest BCUT2D eigenvalue weighted by Gasteiger charge is 2.24. The van der Waals surface area contributed by atoms with Gasteiger partial charge in [-0.15, -0.1) is 0 Å². The molecule has 92 valence electrons. The summed E-state index contributed by atoms with van der Waals surface area (Å²) in [6, 6.07) is 1.21. The van der Waals surface area contributed by atoms with Gasteiger partial charge in [-0.2, -0.15) is 4.39 Å². The van der Waals surface area contributed by atoms with Crippen molar-refractivity contribution < 1.29 is 13.6 Å². The second-order valence-corrected chi connectivity index (χ2v) is 4.45. The van der Waals surface area contributed by atoms with Gasteiger partial charge in [0.15, 0.2) is 5.82 Å². The second kappa shape index (κ2) is 4.77. The van der Waals surface area contributed by atoms with Crippen molar-refractivity contribution in [3.63, 3.8) is 0 Å². The molecule has 1 aromatic heterocycles.